The molecule has 1 heterocycles. The molecule has 1 aliphatic heterocycles. The number of ether oxygens (including phenoxy) is 1. The molecule has 6 heteroatoms. The number of nitrogens with zero attached hydrogens (tertiary/aromatic N) is 1. The van der Waals surface area contributed by atoms with E-state index in [9.17, 15) is 9.59 Å². The average molecular weight is 396 g/mol. The van der Waals surface area contributed by atoms with E-state index in [2.05, 4.69) is 5.32 Å². The van der Waals surface area contributed by atoms with Gasteiger partial charge in [0.15, 0.2) is 0 Å². The summed E-state index contributed by atoms with van der Waals surface area (Å²) in [6.07, 6.45) is 1.43. The topological polar surface area (TPSA) is 84.7 Å². The summed E-state index contributed by atoms with van der Waals surface area (Å²) in [4.78, 5) is 27.8. The number of amides is 2. The number of likely N-dealkylation sites (tertiary alicyclic amines) is 1. The minimum Gasteiger partial charge on any atom is -0.495 e. The Bertz CT molecular complexity index is 869. The van der Waals surface area contributed by atoms with Crippen LogP contribution in [0.15, 0.2) is 48.5 Å². The first-order valence-corrected chi connectivity index (χ1v) is 9.99. The van der Waals surface area contributed by atoms with Crippen LogP contribution in [-0.4, -0.2) is 36.4 Å². The number of nitrogens with one attached hydrogen (secondary N) is 1. The number of rotatable bonds is 6. The molecule has 0 saturated carbocycles. The molecular formula is C23H29N3O3. The maximum absolute atomic E-state index is 13.1. The smallest absolute Gasteiger partial charge is 0.247 e. The third kappa shape index (κ3) is 4.59. The molecule has 0 bridgehead atoms. The maximum atomic E-state index is 13.1. The molecule has 1 aliphatic rings. The fourth-order valence-electron chi connectivity index (χ4n) is 3.82. The number of carbonyl (C=O) groups excluding carboxylic acids is 2. The Hall–Kier alpha value is -2.86. The molecule has 3 rings (SSSR count). The number of benzene rings is 2. The first-order chi connectivity index (χ1) is 13.9. The second-order valence-corrected chi connectivity index (χ2v) is 7.61. The van der Waals surface area contributed by atoms with Gasteiger partial charge in [-0.1, -0.05) is 43.3 Å². The van der Waals surface area contributed by atoms with Gasteiger partial charge in [0.2, 0.25) is 11.8 Å². The summed E-state index contributed by atoms with van der Waals surface area (Å²) in [5.41, 5.74) is 8.89. The molecule has 3 N–H and O–H groups in total. The average Bonchev–Trinajstić information content (AvgIpc) is 3.23. The summed E-state index contributed by atoms with van der Waals surface area (Å²) in [6.45, 7) is 4.34. The molecule has 3 atom stereocenters. The summed E-state index contributed by atoms with van der Waals surface area (Å²) in [7, 11) is 1.57. The third-order valence-electron chi connectivity index (χ3n) is 5.56. The molecule has 0 aromatic heterocycles. The highest BCUT2D eigenvalue weighted by atomic mass is 16.5. The summed E-state index contributed by atoms with van der Waals surface area (Å²) in [5, 5.41) is 2.94. The maximum Gasteiger partial charge on any atom is 0.247 e. The Kier molecular flexibility index (Phi) is 6.54. The summed E-state index contributed by atoms with van der Waals surface area (Å²) >= 11 is 0. The van der Waals surface area contributed by atoms with Gasteiger partial charge in [0.25, 0.3) is 0 Å². The van der Waals surface area contributed by atoms with Gasteiger partial charge in [-0.05, 0) is 43.0 Å². The third-order valence-corrected chi connectivity index (χ3v) is 5.56. The Balaban J connectivity index is 1.73. The van der Waals surface area contributed by atoms with Crippen molar-refractivity contribution in [1.29, 1.82) is 0 Å². The van der Waals surface area contributed by atoms with Gasteiger partial charge in [-0.15, -0.1) is 0 Å². The van der Waals surface area contributed by atoms with E-state index in [0.717, 1.165) is 17.5 Å². The largest absolute Gasteiger partial charge is 0.495 e. The van der Waals surface area contributed by atoms with Crippen molar-refractivity contribution < 1.29 is 14.3 Å². The van der Waals surface area contributed by atoms with Crippen LogP contribution in [0.2, 0.25) is 0 Å². The fourth-order valence-corrected chi connectivity index (χ4v) is 3.82. The van der Waals surface area contributed by atoms with Crippen LogP contribution >= 0.6 is 0 Å². The van der Waals surface area contributed by atoms with Crippen molar-refractivity contribution in [2.45, 2.75) is 38.8 Å². The zero-order valence-electron chi connectivity index (χ0n) is 17.2. The van der Waals surface area contributed by atoms with Crippen LogP contribution < -0.4 is 15.8 Å². The molecule has 3 unspecified atom stereocenters. The first-order valence-electron chi connectivity index (χ1n) is 9.99. The molecule has 2 aromatic rings. The number of nitrogens with two attached hydrogens (primary N) is 1. The lowest BCUT2D eigenvalue weighted by molar-refractivity contribution is -0.140. The molecule has 2 aromatic carbocycles. The van der Waals surface area contributed by atoms with Crippen molar-refractivity contribution in [2.75, 3.05) is 19.0 Å². The zero-order chi connectivity index (χ0) is 21.0. The highest BCUT2D eigenvalue weighted by Gasteiger charge is 2.37. The molecule has 0 spiro atoms. The lowest BCUT2D eigenvalue weighted by Crippen LogP contribution is -2.47. The van der Waals surface area contributed by atoms with Gasteiger partial charge < -0.3 is 20.7 Å². The van der Waals surface area contributed by atoms with E-state index in [4.69, 9.17) is 10.5 Å². The number of hydrogen-bond acceptors (Lipinski definition) is 4. The number of carbonyl (C=O) groups is 2. The van der Waals surface area contributed by atoms with Crippen LogP contribution in [0.3, 0.4) is 0 Å². The SMILES string of the molecule is COc1ccc(C)cc1NC(=O)C1CCCN1C(=O)C(C)C(N)c1ccccc1. The van der Waals surface area contributed by atoms with Crippen molar-refractivity contribution in [3.63, 3.8) is 0 Å². The van der Waals surface area contributed by atoms with Gasteiger partial charge >= 0.3 is 0 Å². The Morgan fingerprint density at radius 1 is 1.21 bits per heavy atom. The molecule has 154 valence electrons. The Morgan fingerprint density at radius 2 is 1.93 bits per heavy atom. The minimum atomic E-state index is -0.502. The Labute approximate surface area is 172 Å². The summed E-state index contributed by atoms with van der Waals surface area (Å²) < 4.78 is 5.35. The standard InChI is InChI=1S/C23H29N3O3/c1-15-11-12-20(29-3)18(14-15)25-22(27)19-10-7-13-26(19)23(28)16(2)21(24)17-8-5-4-6-9-17/h4-6,8-9,11-12,14,16,19,21H,7,10,13,24H2,1-3H3,(H,25,27). The van der Waals surface area contributed by atoms with E-state index in [1.165, 1.54) is 0 Å². The normalized spacial score (nSPS) is 18.2. The van der Waals surface area contributed by atoms with Gasteiger partial charge in [0.1, 0.15) is 11.8 Å². The second kappa shape index (κ2) is 9.09. The van der Waals surface area contributed by atoms with Crippen LogP contribution in [0.25, 0.3) is 0 Å². The van der Waals surface area contributed by atoms with Crippen molar-refractivity contribution >= 4 is 17.5 Å². The van der Waals surface area contributed by atoms with E-state index >= 15 is 0 Å². The first kappa shape index (κ1) is 20.9. The molecule has 1 fully saturated rings. The van der Waals surface area contributed by atoms with E-state index in [1.54, 1.807) is 12.0 Å². The van der Waals surface area contributed by atoms with E-state index in [0.29, 0.717) is 24.4 Å². The molecule has 0 radical (unpaired) electrons. The lowest BCUT2D eigenvalue weighted by atomic mass is 9.94. The van der Waals surface area contributed by atoms with Gasteiger partial charge in [-0.25, -0.2) is 0 Å². The van der Waals surface area contributed by atoms with Crippen LogP contribution in [0.4, 0.5) is 5.69 Å². The predicted molar refractivity (Wildman–Crippen MR) is 114 cm³/mol. The van der Waals surface area contributed by atoms with Crippen molar-refractivity contribution in [3.05, 3.63) is 59.7 Å². The number of methoxy groups -OCH3 is 1. The van der Waals surface area contributed by atoms with E-state index in [1.807, 2.05) is 62.4 Å². The fraction of sp³-hybridized carbons (Fsp3) is 0.391. The molecule has 1 saturated heterocycles. The monoisotopic (exact) mass is 395 g/mol. The predicted octanol–water partition coefficient (Wildman–Crippen LogP) is 3.27. The highest BCUT2D eigenvalue weighted by Crippen LogP contribution is 2.29. The molecule has 6 nitrogen and oxygen atoms in total. The van der Waals surface area contributed by atoms with Gasteiger partial charge in [-0.3, -0.25) is 9.59 Å². The quantitative estimate of drug-likeness (QED) is 0.786. The van der Waals surface area contributed by atoms with Crippen LogP contribution in [0, 0.1) is 12.8 Å². The molecular weight excluding hydrogens is 366 g/mol. The lowest BCUT2D eigenvalue weighted by Gasteiger charge is -2.29. The molecule has 0 aliphatic carbocycles. The molecule has 2 amide bonds. The molecule has 29 heavy (non-hydrogen) atoms. The number of hydrogen-bond donors (Lipinski definition) is 2. The minimum absolute atomic E-state index is 0.0878. The van der Waals surface area contributed by atoms with Gasteiger partial charge in [-0.2, -0.15) is 0 Å². The van der Waals surface area contributed by atoms with Crippen molar-refractivity contribution in [2.24, 2.45) is 11.7 Å². The summed E-state index contributed by atoms with van der Waals surface area (Å²) in [6, 6.07) is 14.3. The second-order valence-electron chi connectivity index (χ2n) is 7.61. The van der Waals surface area contributed by atoms with Crippen molar-refractivity contribution in [3.8, 4) is 5.75 Å². The van der Waals surface area contributed by atoms with E-state index in [-0.39, 0.29) is 11.8 Å². The van der Waals surface area contributed by atoms with Crippen molar-refractivity contribution in [1.82, 2.24) is 4.90 Å². The van der Waals surface area contributed by atoms with Gasteiger partial charge in [0, 0.05) is 12.6 Å². The van der Waals surface area contributed by atoms with Gasteiger partial charge in [0.05, 0.1) is 18.7 Å². The zero-order valence-corrected chi connectivity index (χ0v) is 17.2. The van der Waals surface area contributed by atoms with Crippen LogP contribution in [0.1, 0.15) is 36.9 Å². The highest BCUT2D eigenvalue weighted by molar-refractivity contribution is 5.98. The van der Waals surface area contributed by atoms with Crippen LogP contribution in [0.5, 0.6) is 5.75 Å². The number of anilines is 1. The summed E-state index contributed by atoms with van der Waals surface area (Å²) in [5.74, 6) is -0.103. The number of aryl methyl sites for hydroxylation is 1. The van der Waals surface area contributed by atoms with E-state index < -0.39 is 18.0 Å². The van der Waals surface area contributed by atoms with Crippen LogP contribution in [-0.2, 0) is 9.59 Å². The Morgan fingerprint density at radius 3 is 2.62 bits per heavy atom.